The van der Waals surface area contributed by atoms with E-state index in [0.717, 1.165) is 0 Å². The Kier molecular flexibility index (Phi) is 4.20. The molecular formula is C12H11ClN2O5S. The third-order valence-electron chi connectivity index (χ3n) is 3.14. The summed E-state index contributed by atoms with van der Waals surface area (Å²) in [6, 6.07) is 5.65. The minimum Gasteiger partial charge on any atom is -0.480 e. The summed E-state index contributed by atoms with van der Waals surface area (Å²) in [6.07, 6.45) is 0.00398. The lowest BCUT2D eigenvalue weighted by Crippen LogP contribution is -2.55. The Morgan fingerprint density at radius 3 is 2.76 bits per heavy atom. The number of hydrogen-bond acceptors (Lipinski definition) is 5. The molecule has 2 rings (SSSR count). The maximum absolute atomic E-state index is 12.4. The first-order valence-electron chi connectivity index (χ1n) is 5.86. The summed E-state index contributed by atoms with van der Waals surface area (Å²) in [5, 5.41) is 18.3. The van der Waals surface area contributed by atoms with Gasteiger partial charge in [0.2, 0.25) is 10.0 Å². The third kappa shape index (κ3) is 2.87. The van der Waals surface area contributed by atoms with Crippen LogP contribution in [0.25, 0.3) is 0 Å². The molecule has 1 saturated heterocycles. The topological polar surface area (TPSA) is 116 Å². The number of nitrogens with one attached hydrogen (secondary N) is 1. The molecule has 0 bridgehead atoms. The summed E-state index contributed by atoms with van der Waals surface area (Å²) in [5.41, 5.74) is -1.96. The van der Waals surface area contributed by atoms with Crippen LogP contribution < -0.4 is 4.72 Å². The van der Waals surface area contributed by atoms with Crippen LogP contribution >= 0.6 is 11.6 Å². The number of carbonyl (C=O) groups is 1. The van der Waals surface area contributed by atoms with Crippen LogP contribution in [0.1, 0.15) is 12.0 Å². The highest BCUT2D eigenvalue weighted by molar-refractivity contribution is 7.89. The summed E-state index contributed by atoms with van der Waals surface area (Å²) in [6.45, 7) is -0.139. The van der Waals surface area contributed by atoms with Gasteiger partial charge in [-0.1, -0.05) is 17.7 Å². The van der Waals surface area contributed by atoms with Crippen LogP contribution in [0.2, 0.25) is 5.02 Å². The van der Waals surface area contributed by atoms with Gasteiger partial charge in [0.15, 0.2) is 5.54 Å². The van der Waals surface area contributed by atoms with E-state index in [-0.39, 0.29) is 35.1 Å². The second kappa shape index (κ2) is 5.61. The molecule has 1 aliphatic rings. The lowest BCUT2D eigenvalue weighted by atomic mass is 10.0. The van der Waals surface area contributed by atoms with Crippen molar-refractivity contribution in [3.8, 4) is 6.07 Å². The molecule has 1 aromatic rings. The molecule has 0 aliphatic carbocycles. The van der Waals surface area contributed by atoms with E-state index in [4.69, 9.17) is 21.6 Å². The quantitative estimate of drug-likeness (QED) is 0.840. The zero-order valence-electron chi connectivity index (χ0n) is 10.7. The largest absolute Gasteiger partial charge is 0.480 e. The maximum Gasteiger partial charge on any atom is 0.327 e. The molecule has 1 atom stereocenters. The average Bonchev–Trinajstić information content (AvgIpc) is 2.87. The zero-order chi connectivity index (χ0) is 15.7. The average molecular weight is 331 g/mol. The number of nitriles is 1. The van der Waals surface area contributed by atoms with E-state index in [0.29, 0.717) is 0 Å². The monoisotopic (exact) mass is 330 g/mol. The lowest BCUT2D eigenvalue weighted by Gasteiger charge is -2.23. The van der Waals surface area contributed by atoms with Gasteiger partial charge >= 0.3 is 5.97 Å². The van der Waals surface area contributed by atoms with E-state index in [2.05, 4.69) is 4.72 Å². The van der Waals surface area contributed by atoms with Crippen molar-refractivity contribution >= 4 is 27.6 Å². The number of benzene rings is 1. The maximum atomic E-state index is 12.4. The second-order valence-corrected chi connectivity index (χ2v) is 6.58. The summed E-state index contributed by atoms with van der Waals surface area (Å²) >= 11 is 5.79. The van der Waals surface area contributed by atoms with Crippen molar-refractivity contribution in [1.82, 2.24) is 4.72 Å². The number of hydrogen-bond donors (Lipinski definition) is 2. The molecule has 112 valence electrons. The Balaban J connectivity index is 2.47. The van der Waals surface area contributed by atoms with Gasteiger partial charge in [0.25, 0.3) is 0 Å². The SMILES string of the molecule is N#Cc1c(Cl)cccc1S(=O)(=O)NC1(C(=O)O)CCOC1. The number of aliphatic carboxylic acids is 1. The number of carboxylic acid groups (broad SMARTS) is 1. The number of rotatable bonds is 4. The number of ether oxygens (including phenoxy) is 1. The second-order valence-electron chi connectivity index (χ2n) is 4.52. The van der Waals surface area contributed by atoms with Crippen LogP contribution in [0.3, 0.4) is 0 Å². The molecule has 2 N–H and O–H groups in total. The fourth-order valence-electron chi connectivity index (χ4n) is 2.01. The Morgan fingerprint density at radius 1 is 1.52 bits per heavy atom. The van der Waals surface area contributed by atoms with E-state index in [9.17, 15) is 18.3 Å². The smallest absolute Gasteiger partial charge is 0.327 e. The highest BCUT2D eigenvalue weighted by Gasteiger charge is 2.46. The van der Waals surface area contributed by atoms with Gasteiger partial charge in [0.1, 0.15) is 11.0 Å². The predicted octanol–water partition coefficient (Wildman–Crippen LogP) is 0.734. The molecule has 7 nitrogen and oxygen atoms in total. The molecule has 1 aliphatic heterocycles. The van der Waals surface area contributed by atoms with Crippen LogP contribution in [-0.2, 0) is 19.6 Å². The molecule has 21 heavy (non-hydrogen) atoms. The summed E-state index contributed by atoms with van der Waals surface area (Å²) < 4.78 is 31.9. The van der Waals surface area contributed by atoms with E-state index in [1.807, 2.05) is 0 Å². The summed E-state index contributed by atoms with van der Waals surface area (Å²) in [7, 11) is -4.23. The van der Waals surface area contributed by atoms with Crippen LogP contribution in [0.15, 0.2) is 23.1 Å². The molecule has 1 unspecified atom stereocenters. The first-order valence-corrected chi connectivity index (χ1v) is 7.72. The van der Waals surface area contributed by atoms with Crippen molar-refractivity contribution in [1.29, 1.82) is 5.26 Å². The molecule has 0 spiro atoms. The Hall–Kier alpha value is -1.66. The Bertz CT molecular complexity index is 720. The molecule has 0 amide bonds. The highest BCUT2D eigenvalue weighted by atomic mass is 35.5. The van der Waals surface area contributed by atoms with Gasteiger partial charge in [0, 0.05) is 13.0 Å². The van der Waals surface area contributed by atoms with Crippen LogP contribution in [0, 0.1) is 11.3 Å². The van der Waals surface area contributed by atoms with Gasteiger partial charge in [-0.25, -0.2) is 8.42 Å². The summed E-state index contributed by atoms with van der Waals surface area (Å²) in [4.78, 5) is 11.0. The van der Waals surface area contributed by atoms with Gasteiger partial charge in [-0.05, 0) is 12.1 Å². The minimum absolute atomic E-state index is 0.00398. The van der Waals surface area contributed by atoms with Crippen molar-refractivity contribution in [2.45, 2.75) is 16.9 Å². The molecule has 0 radical (unpaired) electrons. The highest BCUT2D eigenvalue weighted by Crippen LogP contribution is 2.26. The van der Waals surface area contributed by atoms with Crippen molar-refractivity contribution in [2.75, 3.05) is 13.2 Å². The lowest BCUT2D eigenvalue weighted by molar-refractivity contribution is -0.144. The van der Waals surface area contributed by atoms with Crippen molar-refractivity contribution in [2.24, 2.45) is 0 Å². The van der Waals surface area contributed by atoms with Crippen LogP contribution in [-0.4, -0.2) is 38.2 Å². The standard InChI is InChI=1S/C12H11ClN2O5S/c13-9-2-1-3-10(8(9)6-14)21(18,19)15-12(11(16)17)4-5-20-7-12/h1-3,15H,4-5,7H2,(H,16,17). The van der Waals surface area contributed by atoms with E-state index in [1.165, 1.54) is 18.2 Å². The van der Waals surface area contributed by atoms with E-state index >= 15 is 0 Å². The van der Waals surface area contributed by atoms with Crippen LogP contribution in [0.4, 0.5) is 0 Å². The Morgan fingerprint density at radius 2 is 2.24 bits per heavy atom. The van der Waals surface area contributed by atoms with Gasteiger partial charge in [-0.3, -0.25) is 4.79 Å². The predicted molar refractivity (Wildman–Crippen MR) is 72.3 cm³/mol. The van der Waals surface area contributed by atoms with Crippen LogP contribution in [0.5, 0.6) is 0 Å². The van der Waals surface area contributed by atoms with Gasteiger partial charge < -0.3 is 9.84 Å². The minimum atomic E-state index is -4.23. The zero-order valence-corrected chi connectivity index (χ0v) is 12.2. The molecule has 0 saturated carbocycles. The molecule has 1 fully saturated rings. The van der Waals surface area contributed by atoms with Crippen molar-refractivity contribution < 1.29 is 23.1 Å². The molecule has 1 heterocycles. The van der Waals surface area contributed by atoms with Gasteiger partial charge in [-0.2, -0.15) is 9.98 Å². The van der Waals surface area contributed by atoms with Gasteiger partial charge in [-0.15, -0.1) is 0 Å². The van der Waals surface area contributed by atoms with Gasteiger partial charge in [0.05, 0.1) is 17.2 Å². The first-order chi connectivity index (χ1) is 9.82. The normalized spacial score (nSPS) is 21.9. The van der Waals surface area contributed by atoms with Crippen molar-refractivity contribution in [3.63, 3.8) is 0 Å². The fourth-order valence-corrected chi connectivity index (χ4v) is 3.83. The number of carboxylic acids is 1. The van der Waals surface area contributed by atoms with E-state index < -0.39 is 21.5 Å². The summed E-state index contributed by atoms with van der Waals surface area (Å²) in [5.74, 6) is -1.33. The van der Waals surface area contributed by atoms with E-state index in [1.54, 1.807) is 6.07 Å². The fraction of sp³-hybridized carbons (Fsp3) is 0.333. The third-order valence-corrected chi connectivity index (χ3v) is 5.03. The molecule has 9 heteroatoms. The molecule has 0 aromatic heterocycles. The first kappa shape index (κ1) is 15.7. The number of sulfonamides is 1. The molecular weight excluding hydrogens is 320 g/mol. The molecule has 1 aromatic carbocycles. The number of nitrogens with zero attached hydrogens (tertiary/aromatic N) is 1. The Labute approximate surface area is 126 Å². The van der Waals surface area contributed by atoms with Crippen molar-refractivity contribution in [3.05, 3.63) is 28.8 Å². The number of halogens is 1.